The van der Waals surface area contributed by atoms with E-state index in [0.29, 0.717) is 29.6 Å². The van der Waals surface area contributed by atoms with E-state index in [9.17, 15) is 4.79 Å². The van der Waals surface area contributed by atoms with Crippen LogP contribution >= 0.6 is 0 Å². The van der Waals surface area contributed by atoms with Crippen LogP contribution in [0.2, 0.25) is 0 Å². The number of aromatic nitrogens is 3. The summed E-state index contributed by atoms with van der Waals surface area (Å²) in [6, 6.07) is 8.80. The van der Waals surface area contributed by atoms with Crippen LogP contribution in [0.4, 0.5) is 11.6 Å². The van der Waals surface area contributed by atoms with Crippen molar-refractivity contribution in [2.75, 3.05) is 19.5 Å². The highest BCUT2D eigenvalue weighted by atomic mass is 16.5. The summed E-state index contributed by atoms with van der Waals surface area (Å²) >= 11 is 0. The fourth-order valence-corrected chi connectivity index (χ4v) is 2.91. The maximum atomic E-state index is 12.3. The van der Waals surface area contributed by atoms with Crippen molar-refractivity contribution in [3.63, 3.8) is 0 Å². The van der Waals surface area contributed by atoms with E-state index in [1.807, 2.05) is 18.2 Å². The number of methoxy groups -OCH3 is 2. The normalized spacial score (nSPS) is 10.8. The maximum absolute atomic E-state index is 12.3. The van der Waals surface area contributed by atoms with Crippen molar-refractivity contribution in [1.82, 2.24) is 14.5 Å². The Morgan fingerprint density at radius 1 is 1.07 bits per heavy atom. The smallest absolute Gasteiger partial charge is 0.252 e. The van der Waals surface area contributed by atoms with Crippen molar-refractivity contribution < 1.29 is 9.47 Å². The molecule has 1 aromatic carbocycles. The highest BCUT2D eigenvalue weighted by Gasteiger charge is 2.09. The molecule has 7 nitrogen and oxygen atoms in total. The van der Waals surface area contributed by atoms with Gasteiger partial charge in [-0.1, -0.05) is 19.8 Å². The Morgan fingerprint density at radius 2 is 1.89 bits per heavy atom. The van der Waals surface area contributed by atoms with E-state index in [1.165, 1.54) is 0 Å². The molecule has 27 heavy (non-hydrogen) atoms. The van der Waals surface area contributed by atoms with Crippen molar-refractivity contribution in [3.8, 4) is 11.5 Å². The van der Waals surface area contributed by atoms with Gasteiger partial charge in [0.1, 0.15) is 5.65 Å². The van der Waals surface area contributed by atoms with Crippen molar-refractivity contribution in [3.05, 3.63) is 46.9 Å². The number of fused-ring (bicyclic) bond motifs is 1. The monoisotopic (exact) mass is 368 g/mol. The van der Waals surface area contributed by atoms with Gasteiger partial charge in [-0.25, -0.2) is 4.98 Å². The van der Waals surface area contributed by atoms with Crippen LogP contribution in [0, 0.1) is 0 Å². The van der Waals surface area contributed by atoms with E-state index in [4.69, 9.17) is 9.47 Å². The highest BCUT2D eigenvalue weighted by Crippen LogP contribution is 2.30. The van der Waals surface area contributed by atoms with Crippen LogP contribution < -0.4 is 20.3 Å². The lowest BCUT2D eigenvalue weighted by Crippen LogP contribution is -2.20. The molecule has 3 aromatic rings. The van der Waals surface area contributed by atoms with Gasteiger partial charge in [0.15, 0.2) is 11.5 Å². The average Bonchev–Trinajstić information content (AvgIpc) is 2.69. The van der Waals surface area contributed by atoms with Crippen LogP contribution in [0.15, 0.2) is 41.3 Å². The third kappa shape index (κ3) is 4.19. The summed E-state index contributed by atoms with van der Waals surface area (Å²) in [5.74, 6) is 1.68. The lowest BCUT2D eigenvalue weighted by molar-refractivity contribution is 0.355. The first-order valence-corrected chi connectivity index (χ1v) is 9.02. The Bertz CT molecular complexity index is 985. The fraction of sp³-hybridized carbons (Fsp3) is 0.350. The molecule has 0 bridgehead atoms. The summed E-state index contributed by atoms with van der Waals surface area (Å²) in [6.45, 7) is 2.79. The summed E-state index contributed by atoms with van der Waals surface area (Å²) in [4.78, 5) is 21.2. The van der Waals surface area contributed by atoms with E-state index in [2.05, 4.69) is 22.2 Å². The van der Waals surface area contributed by atoms with Gasteiger partial charge in [-0.05, 0) is 24.6 Å². The summed E-state index contributed by atoms with van der Waals surface area (Å²) < 4.78 is 12.3. The Balaban J connectivity index is 1.93. The number of unbranched alkanes of at least 4 members (excludes halogenated alkanes) is 2. The number of ether oxygens (including phenoxy) is 2. The van der Waals surface area contributed by atoms with Gasteiger partial charge < -0.3 is 14.8 Å². The minimum Gasteiger partial charge on any atom is -0.493 e. The van der Waals surface area contributed by atoms with Gasteiger partial charge in [-0.3, -0.25) is 9.36 Å². The molecule has 0 saturated heterocycles. The minimum absolute atomic E-state index is 0.0469. The summed E-state index contributed by atoms with van der Waals surface area (Å²) in [5.41, 5.74) is 1.36. The Kier molecular flexibility index (Phi) is 5.90. The molecule has 0 aliphatic heterocycles. The number of hydrogen-bond donors (Lipinski definition) is 1. The summed E-state index contributed by atoms with van der Waals surface area (Å²) in [7, 11) is 3.18. The molecule has 0 radical (unpaired) electrons. The van der Waals surface area contributed by atoms with Crippen molar-refractivity contribution in [2.24, 2.45) is 0 Å². The maximum Gasteiger partial charge on any atom is 0.252 e. The van der Waals surface area contributed by atoms with Crippen LogP contribution in [0.1, 0.15) is 26.2 Å². The number of pyridine rings is 1. The lowest BCUT2D eigenvalue weighted by Gasteiger charge is -2.12. The van der Waals surface area contributed by atoms with E-state index in [-0.39, 0.29) is 5.56 Å². The van der Waals surface area contributed by atoms with Crippen LogP contribution in [-0.2, 0) is 6.54 Å². The van der Waals surface area contributed by atoms with Gasteiger partial charge in [-0.15, -0.1) is 0 Å². The molecule has 2 heterocycles. The van der Waals surface area contributed by atoms with Crippen LogP contribution in [-0.4, -0.2) is 28.8 Å². The van der Waals surface area contributed by atoms with Gasteiger partial charge in [0, 0.05) is 35.9 Å². The Hall–Kier alpha value is -3.09. The first-order valence-electron chi connectivity index (χ1n) is 9.02. The van der Waals surface area contributed by atoms with E-state index in [1.54, 1.807) is 37.1 Å². The molecule has 0 aliphatic rings. The molecule has 142 valence electrons. The predicted molar refractivity (Wildman–Crippen MR) is 106 cm³/mol. The Labute approximate surface area is 158 Å². The lowest BCUT2D eigenvalue weighted by atomic mass is 10.2. The number of anilines is 2. The molecule has 7 heteroatoms. The van der Waals surface area contributed by atoms with Crippen molar-refractivity contribution >= 4 is 22.7 Å². The zero-order chi connectivity index (χ0) is 19.2. The number of benzene rings is 1. The van der Waals surface area contributed by atoms with Crippen molar-refractivity contribution in [1.29, 1.82) is 0 Å². The minimum atomic E-state index is -0.0469. The summed E-state index contributed by atoms with van der Waals surface area (Å²) in [6.07, 6.45) is 4.84. The molecule has 0 amide bonds. The first-order chi connectivity index (χ1) is 13.2. The molecule has 3 rings (SSSR count). The Morgan fingerprint density at radius 3 is 2.63 bits per heavy atom. The van der Waals surface area contributed by atoms with Gasteiger partial charge in [0.05, 0.1) is 14.2 Å². The molecule has 0 fully saturated rings. The fourth-order valence-electron chi connectivity index (χ4n) is 2.91. The second-order valence-corrected chi connectivity index (χ2v) is 6.20. The van der Waals surface area contributed by atoms with E-state index >= 15 is 0 Å². The number of nitrogens with zero attached hydrogens (tertiary/aromatic N) is 3. The van der Waals surface area contributed by atoms with Gasteiger partial charge in [-0.2, -0.15) is 4.98 Å². The molecule has 2 aromatic heterocycles. The summed E-state index contributed by atoms with van der Waals surface area (Å²) in [5, 5.41) is 4.00. The SMILES string of the molecule is CCCCCn1c(=O)ccc2cnc(Nc3ccc(OC)c(OC)c3)nc21. The third-order valence-corrected chi connectivity index (χ3v) is 4.35. The standard InChI is InChI=1S/C20H24N4O3/c1-4-5-6-11-24-18(25)10-7-14-13-21-20(23-19(14)24)22-15-8-9-16(26-2)17(12-15)27-3/h7-10,12-13H,4-6,11H2,1-3H3,(H,21,22,23). The van der Waals surface area contributed by atoms with Gasteiger partial charge in [0.2, 0.25) is 5.95 Å². The zero-order valence-electron chi connectivity index (χ0n) is 15.9. The number of aryl methyl sites for hydroxylation is 1. The molecule has 0 aliphatic carbocycles. The molecule has 0 atom stereocenters. The molecular formula is C20H24N4O3. The molecule has 0 saturated carbocycles. The quantitative estimate of drug-likeness (QED) is 0.610. The van der Waals surface area contributed by atoms with Crippen LogP contribution in [0.5, 0.6) is 11.5 Å². The molecular weight excluding hydrogens is 344 g/mol. The first kappa shape index (κ1) is 18.7. The highest BCUT2D eigenvalue weighted by molar-refractivity contribution is 5.75. The van der Waals surface area contributed by atoms with Crippen molar-refractivity contribution in [2.45, 2.75) is 32.7 Å². The van der Waals surface area contributed by atoms with Gasteiger partial charge >= 0.3 is 0 Å². The topological polar surface area (TPSA) is 78.3 Å². The number of hydrogen-bond acceptors (Lipinski definition) is 6. The number of nitrogens with one attached hydrogen (secondary N) is 1. The number of rotatable bonds is 8. The largest absolute Gasteiger partial charge is 0.493 e. The van der Waals surface area contributed by atoms with E-state index < -0.39 is 0 Å². The predicted octanol–water partition coefficient (Wildman–Crippen LogP) is 3.74. The van der Waals surface area contributed by atoms with E-state index in [0.717, 1.165) is 30.3 Å². The molecule has 1 N–H and O–H groups in total. The third-order valence-electron chi connectivity index (χ3n) is 4.35. The van der Waals surface area contributed by atoms with Gasteiger partial charge in [0.25, 0.3) is 5.56 Å². The van der Waals surface area contributed by atoms with Crippen LogP contribution in [0.3, 0.4) is 0 Å². The average molecular weight is 368 g/mol. The second-order valence-electron chi connectivity index (χ2n) is 6.20. The second kappa shape index (κ2) is 8.53. The molecule has 0 unspecified atom stereocenters. The molecule has 0 spiro atoms. The van der Waals surface area contributed by atoms with Crippen LogP contribution in [0.25, 0.3) is 11.0 Å². The zero-order valence-corrected chi connectivity index (χ0v) is 15.9.